The minimum Gasteiger partial charge on any atom is -0.0883 e. The van der Waals surface area contributed by atoms with Gasteiger partial charge in [0.2, 0.25) is 0 Å². The molecule has 0 aliphatic heterocycles. The monoisotopic (exact) mass is 174 g/mol. The molecule has 0 heterocycles. The molecule has 2 rings (SSSR count). The van der Waals surface area contributed by atoms with E-state index in [9.17, 15) is 0 Å². The molecule has 0 aromatic carbocycles. The number of allylic oxidation sites excluding steroid dienone is 6. The summed E-state index contributed by atoms with van der Waals surface area (Å²) < 4.78 is 0. The van der Waals surface area contributed by atoms with Crippen molar-refractivity contribution in [1.29, 1.82) is 0 Å². The van der Waals surface area contributed by atoms with Crippen LogP contribution in [-0.4, -0.2) is 0 Å². The van der Waals surface area contributed by atoms with Crippen LogP contribution in [0.15, 0.2) is 36.5 Å². The maximum atomic E-state index is 2.43. The zero-order chi connectivity index (χ0) is 8.93. The molecular weight excluding hydrogens is 156 g/mol. The smallest absolute Gasteiger partial charge is 0.0190 e. The molecule has 70 valence electrons. The number of hydrogen-bond donors (Lipinski definition) is 0. The van der Waals surface area contributed by atoms with Crippen molar-refractivity contribution in [2.45, 2.75) is 32.1 Å². The molecule has 2 aliphatic carbocycles. The lowest BCUT2D eigenvalue weighted by molar-refractivity contribution is 0.437. The molecule has 0 spiro atoms. The van der Waals surface area contributed by atoms with E-state index >= 15 is 0 Å². The quantitative estimate of drug-likeness (QED) is 0.557. The molecule has 0 saturated heterocycles. The first-order valence-electron chi connectivity index (χ1n) is 5.45. The Hall–Kier alpha value is -0.780. The van der Waals surface area contributed by atoms with E-state index in [-0.39, 0.29) is 0 Å². The second-order valence-electron chi connectivity index (χ2n) is 4.16. The van der Waals surface area contributed by atoms with Crippen molar-refractivity contribution < 1.29 is 0 Å². The molecule has 0 amide bonds. The highest BCUT2D eigenvalue weighted by Crippen LogP contribution is 2.27. The average Bonchev–Trinajstić information content (AvgIpc) is 2.21. The molecule has 0 bridgehead atoms. The zero-order valence-electron chi connectivity index (χ0n) is 8.15. The van der Waals surface area contributed by atoms with Crippen molar-refractivity contribution in [3.05, 3.63) is 36.5 Å². The van der Waals surface area contributed by atoms with Gasteiger partial charge in [-0.15, -0.1) is 0 Å². The van der Waals surface area contributed by atoms with E-state index < -0.39 is 0 Å². The Kier molecular flexibility index (Phi) is 3.02. The highest BCUT2D eigenvalue weighted by Gasteiger charge is 2.13. The largest absolute Gasteiger partial charge is 0.0883 e. The first-order chi connectivity index (χ1) is 6.45. The van der Waals surface area contributed by atoms with Crippen LogP contribution in [0.1, 0.15) is 32.1 Å². The van der Waals surface area contributed by atoms with E-state index in [1.54, 1.807) is 0 Å². The predicted molar refractivity (Wildman–Crippen MR) is 57.5 cm³/mol. The number of hydrogen-bond acceptors (Lipinski definition) is 0. The van der Waals surface area contributed by atoms with Gasteiger partial charge in [0, 0.05) is 0 Å². The van der Waals surface area contributed by atoms with Crippen molar-refractivity contribution >= 4 is 0 Å². The van der Waals surface area contributed by atoms with Gasteiger partial charge in [0.1, 0.15) is 0 Å². The summed E-state index contributed by atoms with van der Waals surface area (Å²) in [5.74, 6) is 1.66. The average molecular weight is 174 g/mol. The third-order valence-electron chi connectivity index (χ3n) is 3.03. The molecule has 0 N–H and O–H groups in total. The number of rotatable bonds is 2. The standard InChI is InChI=1S/C13H18/c1-3-7-12(8-4-1)11-13-9-5-2-6-10-13/h1,3-5,7,9,12-13H,2,6,8,10-11H2/t12?,13-/m0/s1. The zero-order valence-corrected chi connectivity index (χ0v) is 8.15. The second kappa shape index (κ2) is 4.45. The summed E-state index contributed by atoms with van der Waals surface area (Å²) in [5.41, 5.74) is 0. The summed E-state index contributed by atoms with van der Waals surface area (Å²) in [7, 11) is 0. The van der Waals surface area contributed by atoms with Gasteiger partial charge in [-0.2, -0.15) is 0 Å². The summed E-state index contributed by atoms with van der Waals surface area (Å²) in [6, 6.07) is 0. The Bertz CT molecular complexity index is 232. The fourth-order valence-corrected chi connectivity index (χ4v) is 2.27. The van der Waals surface area contributed by atoms with Crippen LogP contribution in [0, 0.1) is 11.8 Å². The van der Waals surface area contributed by atoms with Crippen LogP contribution in [0.3, 0.4) is 0 Å². The summed E-state index contributed by atoms with van der Waals surface area (Å²) in [6.07, 6.45) is 20.5. The van der Waals surface area contributed by atoms with Crippen LogP contribution >= 0.6 is 0 Å². The fraction of sp³-hybridized carbons (Fsp3) is 0.538. The molecule has 0 heteroatoms. The Morgan fingerprint density at radius 1 is 1.00 bits per heavy atom. The molecule has 2 aliphatic rings. The van der Waals surface area contributed by atoms with Crippen LogP contribution in [0.2, 0.25) is 0 Å². The highest BCUT2D eigenvalue weighted by atomic mass is 14.2. The van der Waals surface area contributed by atoms with Gasteiger partial charge in [-0.05, 0) is 43.9 Å². The van der Waals surface area contributed by atoms with E-state index in [1.165, 1.54) is 32.1 Å². The molecule has 0 fully saturated rings. The molecule has 0 radical (unpaired) electrons. The normalized spacial score (nSPS) is 32.3. The Labute approximate surface area is 81.0 Å². The van der Waals surface area contributed by atoms with Crippen LogP contribution < -0.4 is 0 Å². The fourth-order valence-electron chi connectivity index (χ4n) is 2.27. The first kappa shape index (κ1) is 8.80. The van der Waals surface area contributed by atoms with E-state index in [2.05, 4.69) is 36.5 Å². The van der Waals surface area contributed by atoms with Crippen LogP contribution in [0.5, 0.6) is 0 Å². The molecule has 0 nitrogen and oxygen atoms in total. The van der Waals surface area contributed by atoms with Crippen molar-refractivity contribution in [2.75, 3.05) is 0 Å². The maximum Gasteiger partial charge on any atom is -0.0190 e. The molecule has 0 saturated carbocycles. The van der Waals surface area contributed by atoms with Gasteiger partial charge in [-0.3, -0.25) is 0 Å². The third kappa shape index (κ3) is 2.58. The first-order valence-corrected chi connectivity index (χ1v) is 5.45. The van der Waals surface area contributed by atoms with Crippen molar-refractivity contribution in [3.8, 4) is 0 Å². The van der Waals surface area contributed by atoms with Gasteiger partial charge in [0.05, 0.1) is 0 Å². The van der Waals surface area contributed by atoms with E-state index in [1.807, 2.05) is 0 Å². The highest BCUT2D eigenvalue weighted by molar-refractivity contribution is 5.11. The molecule has 2 atom stereocenters. The summed E-state index contributed by atoms with van der Waals surface area (Å²) in [5, 5.41) is 0. The lowest BCUT2D eigenvalue weighted by atomic mass is 9.85. The van der Waals surface area contributed by atoms with E-state index in [4.69, 9.17) is 0 Å². The van der Waals surface area contributed by atoms with Gasteiger partial charge >= 0.3 is 0 Å². The molecule has 0 aromatic heterocycles. The van der Waals surface area contributed by atoms with E-state index in [0.717, 1.165) is 11.8 Å². The topological polar surface area (TPSA) is 0 Å². The van der Waals surface area contributed by atoms with E-state index in [0.29, 0.717) is 0 Å². The molecule has 0 aromatic rings. The lowest BCUT2D eigenvalue weighted by Gasteiger charge is -2.21. The SMILES string of the molecule is C1=CCC(C[C@H]2C=CCCC2)C=C1. The van der Waals surface area contributed by atoms with Crippen LogP contribution in [-0.2, 0) is 0 Å². The maximum absolute atomic E-state index is 2.43. The van der Waals surface area contributed by atoms with Crippen molar-refractivity contribution in [2.24, 2.45) is 11.8 Å². The van der Waals surface area contributed by atoms with Gasteiger partial charge in [-0.1, -0.05) is 36.5 Å². The third-order valence-corrected chi connectivity index (χ3v) is 3.03. The van der Waals surface area contributed by atoms with Gasteiger partial charge in [0.25, 0.3) is 0 Å². The Morgan fingerprint density at radius 3 is 2.69 bits per heavy atom. The Morgan fingerprint density at radius 2 is 2.00 bits per heavy atom. The van der Waals surface area contributed by atoms with Gasteiger partial charge < -0.3 is 0 Å². The lowest BCUT2D eigenvalue weighted by Crippen LogP contribution is -2.08. The summed E-state index contributed by atoms with van der Waals surface area (Å²) in [4.78, 5) is 0. The molecular formula is C13H18. The minimum atomic E-state index is 0.803. The van der Waals surface area contributed by atoms with Crippen molar-refractivity contribution in [3.63, 3.8) is 0 Å². The second-order valence-corrected chi connectivity index (χ2v) is 4.16. The molecule has 1 unspecified atom stereocenters. The van der Waals surface area contributed by atoms with Gasteiger partial charge in [0.15, 0.2) is 0 Å². The summed E-state index contributed by atoms with van der Waals surface area (Å²) >= 11 is 0. The van der Waals surface area contributed by atoms with Gasteiger partial charge in [-0.25, -0.2) is 0 Å². The van der Waals surface area contributed by atoms with Crippen LogP contribution in [0.4, 0.5) is 0 Å². The predicted octanol–water partition coefficient (Wildman–Crippen LogP) is 3.87. The van der Waals surface area contributed by atoms with Crippen molar-refractivity contribution in [1.82, 2.24) is 0 Å². The summed E-state index contributed by atoms with van der Waals surface area (Å²) in [6.45, 7) is 0. The minimum absolute atomic E-state index is 0.803. The van der Waals surface area contributed by atoms with Crippen LogP contribution in [0.25, 0.3) is 0 Å². The molecule has 13 heavy (non-hydrogen) atoms. The Balaban J connectivity index is 1.83.